The molecule has 2 aliphatic rings. The van der Waals surface area contributed by atoms with Crippen LogP contribution in [0.3, 0.4) is 0 Å². The van der Waals surface area contributed by atoms with Gasteiger partial charge in [-0.05, 0) is 24.7 Å². The van der Waals surface area contributed by atoms with Crippen molar-refractivity contribution in [1.29, 1.82) is 0 Å². The van der Waals surface area contributed by atoms with Crippen molar-refractivity contribution in [2.75, 3.05) is 0 Å². The lowest BCUT2D eigenvalue weighted by Gasteiger charge is -2.30. The van der Waals surface area contributed by atoms with Crippen LogP contribution in [-0.4, -0.2) is 17.5 Å². The van der Waals surface area contributed by atoms with Crippen LogP contribution in [0, 0.1) is 11.8 Å². The minimum atomic E-state index is -0.592. The Hall–Kier alpha value is -1.06. The van der Waals surface area contributed by atoms with E-state index < -0.39 is 5.54 Å². The standard InChI is InChI=1S/C10H16N2O2/c1-6(2)7-4-3-5-10(7)8(13)11-9(14)12-10/h6-7H,3-5H2,1-2H3,(H2,11,12,13,14)/t7-,10+/m1/s1. The van der Waals surface area contributed by atoms with E-state index in [4.69, 9.17) is 0 Å². The summed E-state index contributed by atoms with van der Waals surface area (Å²) in [5.41, 5.74) is -0.592. The van der Waals surface area contributed by atoms with Crippen LogP contribution < -0.4 is 10.6 Å². The summed E-state index contributed by atoms with van der Waals surface area (Å²) < 4.78 is 0. The Morgan fingerprint density at radius 3 is 2.64 bits per heavy atom. The van der Waals surface area contributed by atoms with Crippen LogP contribution >= 0.6 is 0 Å². The number of imide groups is 1. The maximum atomic E-state index is 11.7. The zero-order valence-electron chi connectivity index (χ0n) is 8.59. The summed E-state index contributed by atoms with van der Waals surface area (Å²) in [6.07, 6.45) is 2.84. The van der Waals surface area contributed by atoms with E-state index in [1.54, 1.807) is 0 Å². The molecule has 1 saturated heterocycles. The van der Waals surface area contributed by atoms with Crippen LogP contribution in [0.2, 0.25) is 0 Å². The Morgan fingerprint density at radius 2 is 2.14 bits per heavy atom. The summed E-state index contributed by atoms with van der Waals surface area (Å²) in [7, 11) is 0. The topological polar surface area (TPSA) is 58.2 Å². The third-order valence-corrected chi connectivity index (χ3v) is 3.49. The molecule has 0 bridgehead atoms. The molecule has 1 heterocycles. The van der Waals surface area contributed by atoms with Gasteiger partial charge < -0.3 is 5.32 Å². The fraction of sp³-hybridized carbons (Fsp3) is 0.800. The lowest BCUT2D eigenvalue weighted by Crippen LogP contribution is -2.51. The van der Waals surface area contributed by atoms with Crippen molar-refractivity contribution in [3.05, 3.63) is 0 Å². The largest absolute Gasteiger partial charge is 0.323 e. The first-order valence-corrected chi connectivity index (χ1v) is 5.20. The third-order valence-electron chi connectivity index (χ3n) is 3.49. The molecule has 0 aromatic carbocycles. The molecule has 0 aromatic rings. The predicted molar refractivity (Wildman–Crippen MR) is 51.6 cm³/mol. The maximum absolute atomic E-state index is 11.7. The summed E-state index contributed by atoms with van der Waals surface area (Å²) >= 11 is 0. The van der Waals surface area contributed by atoms with Gasteiger partial charge in [-0.25, -0.2) is 4.79 Å². The Kier molecular flexibility index (Phi) is 2.01. The molecule has 14 heavy (non-hydrogen) atoms. The van der Waals surface area contributed by atoms with Crippen LogP contribution in [0.15, 0.2) is 0 Å². The van der Waals surface area contributed by atoms with Gasteiger partial charge in [-0.15, -0.1) is 0 Å². The van der Waals surface area contributed by atoms with Gasteiger partial charge in [0.2, 0.25) is 0 Å². The maximum Gasteiger partial charge on any atom is 0.322 e. The van der Waals surface area contributed by atoms with Crippen molar-refractivity contribution in [2.24, 2.45) is 11.8 Å². The fourth-order valence-electron chi connectivity index (χ4n) is 2.88. The molecule has 1 saturated carbocycles. The van der Waals surface area contributed by atoms with E-state index in [-0.39, 0.29) is 17.9 Å². The predicted octanol–water partition coefficient (Wildman–Crippen LogP) is 1.02. The van der Waals surface area contributed by atoms with Gasteiger partial charge in [0.05, 0.1) is 0 Å². The highest BCUT2D eigenvalue weighted by atomic mass is 16.2. The normalized spacial score (nSPS) is 36.6. The van der Waals surface area contributed by atoms with Crippen molar-refractivity contribution in [1.82, 2.24) is 10.6 Å². The second-order valence-corrected chi connectivity index (χ2v) is 4.62. The molecule has 0 radical (unpaired) electrons. The van der Waals surface area contributed by atoms with Gasteiger partial charge in [-0.3, -0.25) is 10.1 Å². The fourth-order valence-corrected chi connectivity index (χ4v) is 2.88. The third kappa shape index (κ3) is 1.13. The van der Waals surface area contributed by atoms with E-state index in [0.29, 0.717) is 5.92 Å². The van der Waals surface area contributed by atoms with E-state index in [9.17, 15) is 9.59 Å². The number of carbonyl (C=O) groups is 2. The highest BCUT2D eigenvalue weighted by Crippen LogP contribution is 2.41. The van der Waals surface area contributed by atoms with Gasteiger partial charge in [-0.2, -0.15) is 0 Å². The molecule has 0 unspecified atom stereocenters. The number of rotatable bonds is 1. The molecule has 2 N–H and O–H groups in total. The lowest BCUT2D eigenvalue weighted by atomic mass is 9.80. The molecule has 0 aromatic heterocycles. The number of carbonyl (C=O) groups excluding carboxylic acids is 2. The summed E-state index contributed by atoms with van der Waals surface area (Å²) in [5, 5.41) is 5.16. The SMILES string of the molecule is CC(C)[C@H]1CCC[C@]12NC(=O)NC2=O. The number of nitrogens with one attached hydrogen (secondary N) is 2. The van der Waals surface area contributed by atoms with Crippen LogP contribution in [0.1, 0.15) is 33.1 Å². The van der Waals surface area contributed by atoms with E-state index in [1.165, 1.54) is 0 Å². The summed E-state index contributed by atoms with van der Waals surface area (Å²) in [6, 6.07) is -0.331. The average molecular weight is 196 g/mol. The van der Waals surface area contributed by atoms with Crippen LogP contribution in [0.4, 0.5) is 4.79 Å². The Morgan fingerprint density at radius 1 is 1.43 bits per heavy atom. The average Bonchev–Trinajstić information content (AvgIpc) is 2.59. The summed E-state index contributed by atoms with van der Waals surface area (Å²) in [6.45, 7) is 4.21. The highest BCUT2D eigenvalue weighted by molar-refractivity contribution is 6.07. The Bertz CT molecular complexity index is 288. The van der Waals surface area contributed by atoms with Crippen LogP contribution in [0.25, 0.3) is 0 Å². The lowest BCUT2D eigenvalue weighted by molar-refractivity contribution is -0.125. The molecule has 1 aliphatic heterocycles. The minimum absolute atomic E-state index is 0.126. The molecule has 3 amide bonds. The molecule has 1 aliphatic carbocycles. The first-order chi connectivity index (χ1) is 6.56. The van der Waals surface area contributed by atoms with E-state index >= 15 is 0 Å². The van der Waals surface area contributed by atoms with Gasteiger partial charge in [0.25, 0.3) is 5.91 Å². The van der Waals surface area contributed by atoms with Crippen LogP contribution in [0.5, 0.6) is 0 Å². The van der Waals surface area contributed by atoms with Crippen molar-refractivity contribution in [3.63, 3.8) is 0 Å². The number of hydrogen-bond donors (Lipinski definition) is 2. The van der Waals surface area contributed by atoms with E-state index in [0.717, 1.165) is 19.3 Å². The highest BCUT2D eigenvalue weighted by Gasteiger charge is 2.54. The molecule has 78 valence electrons. The molecule has 4 heteroatoms. The first-order valence-electron chi connectivity index (χ1n) is 5.20. The van der Waals surface area contributed by atoms with Crippen molar-refractivity contribution < 1.29 is 9.59 Å². The van der Waals surface area contributed by atoms with Crippen molar-refractivity contribution in [3.8, 4) is 0 Å². The second kappa shape index (κ2) is 2.97. The summed E-state index contributed by atoms with van der Waals surface area (Å²) in [4.78, 5) is 22.9. The summed E-state index contributed by atoms with van der Waals surface area (Å²) in [5.74, 6) is 0.592. The molecule has 2 fully saturated rings. The number of hydrogen-bond acceptors (Lipinski definition) is 2. The Balaban J connectivity index is 2.30. The van der Waals surface area contributed by atoms with Gasteiger partial charge >= 0.3 is 6.03 Å². The smallest absolute Gasteiger partial charge is 0.322 e. The van der Waals surface area contributed by atoms with Gasteiger partial charge in [0.1, 0.15) is 5.54 Å². The first kappa shape index (κ1) is 9.49. The number of amides is 3. The molecule has 2 atom stereocenters. The van der Waals surface area contributed by atoms with E-state index in [2.05, 4.69) is 24.5 Å². The number of urea groups is 1. The second-order valence-electron chi connectivity index (χ2n) is 4.62. The molecular formula is C10H16N2O2. The zero-order chi connectivity index (χ0) is 10.3. The van der Waals surface area contributed by atoms with Gasteiger partial charge in [0, 0.05) is 0 Å². The van der Waals surface area contributed by atoms with E-state index in [1.807, 2.05) is 0 Å². The minimum Gasteiger partial charge on any atom is -0.323 e. The van der Waals surface area contributed by atoms with Gasteiger partial charge in [-0.1, -0.05) is 20.3 Å². The molecule has 2 rings (SSSR count). The van der Waals surface area contributed by atoms with Crippen LogP contribution in [-0.2, 0) is 4.79 Å². The quantitative estimate of drug-likeness (QED) is 0.615. The molecule has 4 nitrogen and oxygen atoms in total. The van der Waals surface area contributed by atoms with Gasteiger partial charge in [0.15, 0.2) is 0 Å². The zero-order valence-corrected chi connectivity index (χ0v) is 8.59. The Labute approximate surface area is 83.4 Å². The van der Waals surface area contributed by atoms with Crippen molar-refractivity contribution >= 4 is 11.9 Å². The molecular weight excluding hydrogens is 180 g/mol. The monoisotopic (exact) mass is 196 g/mol. The van der Waals surface area contributed by atoms with Crippen molar-refractivity contribution in [2.45, 2.75) is 38.6 Å². The molecule has 1 spiro atoms.